The number of carboxylic acid groups (broad SMARTS) is 2. The molecule has 1 radical (unpaired) electrons. The summed E-state index contributed by atoms with van der Waals surface area (Å²) in [5.74, 6) is -3.94. The Morgan fingerprint density at radius 1 is 0.742 bits per heavy atom. The number of carbonyl (C=O) groups is 4. The van der Waals surface area contributed by atoms with E-state index in [1.807, 2.05) is 0 Å². The van der Waals surface area contributed by atoms with Crippen molar-refractivity contribution in [3.63, 3.8) is 0 Å². The molecule has 31 heavy (non-hydrogen) atoms. The summed E-state index contributed by atoms with van der Waals surface area (Å²) < 4.78 is 0. The summed E-state index contributed by atoms with van der Waals surface area (Å²) >= 11 is 0. The third kappa shape index (κ3) is 14.8. The van der Waals surface area contributed by atoms with Gasteiger partial charge in [0.2, 0.25) is 11.8 Å². The second-order valence-electron chi connectivity index (χ2n) is 7.92. The summed E-state index contributed by atoms with van der Waals surface area (Å²) in [5.41, 5.74) is -1.91. The van der Waals surface area contributed by atoms with Crippen molar-refractivity contribution in [3.05, 3.63) is 0 Å². The van der Waals surface area contributed by atoms with E-state index in [1.165, 1.54) is 27.7 Å². The normalized spacial score (nSPS) is 12.9. The number of nitrogens with one attached hydrogen (secondary N) is 2. The maximum Gasteiger partial charge on any atom is 2.00 e. The maximum atomic E-state index is 11.2. The fraction of sp³-hybridized carbons (Fsp3) is 0.778. The van der Waals surface area contributed by atoms with E-state index in [2.05, 4.69) is 10.6 Å². The fourth-order valence-corrected chi connectivity index (χ4v) is 1.65. The quantitative estimate of drug-likeness (QED) is 0.141. The number of amides is 2. The average Bonchev–Trinajstić information content (AvgIpc) is 2.66. The molecule has 0 saturated heterocycles. The minimum atomic E-state index is -1.37. The molecular weight excluding hydrogens is 468 g/mol. The van der Waals surface area contributed by atoms with E-state index in [-0.39, 0.29) is 56.2 Å². The molecule has 185 valence electrons. The molecule has 0 fully saturated rings. The average molecular weight is 500 g/mol. The molecule has 0 aliphatic carbocycles. The molecule has 0 aliphatic rings. The van der Waals surface area contributed by atoms with Crippen LogP contribution in [0.25, 0.3) is 0 Å². The first kappa shape index (κ1) is 33.9. The smallest absolute Gasteiger partial charge is 0.550 e. The number of carboxylic acids is 2. The Hall–Kier alpha value is -1.76. The number of hydrogen-bond acceptors (Lipinski definition) is 10. The van der Waals surface area contributed by atoms with Crippen molar-refractivity contribution < 1.29 is 66.9 Å². The zero-order valence-corrected chi connectivity index (χ0v) is 18.9. The predicted molar refractivity (Wildman–Crippen MR) is 99.0 cm³/mol. The van der Waals surface area contributed by atoms with Crippen LogP contribution >= 0.6 is 0 Å². The van der Waals surface area contributed by atoms with Gasteiger partial charge >= 0.3 is 17.1 Å². The molecule has 0 saturated carbocycles. The van der Waals surface area contributed by atoms with E-state index in [1.54, 1.807) is 0 Å². The largest absolute Gasteiger partial charge is 2.00 e. The number of aliphatic carboxylic acids is 2. The van der Waals surface area contributed by atoms with Gasteiger partial charge < -0.3 is 50.9 Å². The van der Waals surface area contributed by atoms with E-state index in [9.17, 15) is 39.6 Å². The molecule has 0 aromatic carbocycles. The monoisotopic (exact) mass is 499 g/mol. The summed E-state index contributed by atoms with van der Waals surface area (Å²) in [5, 5.41) is 61.3. The molecule has 6 N–H and O–H groups in total. The van der Waals surface area contributed by atoms with E-state index in [0.29, 0.717) is 0 Å². The van der Waals surface area contributed by atoms with Crippen LogP contribution in [0.15, 0.2) is 0 Å². The zero-order valence-electron chi connectivity index (χ0n) is 17.9. The summed E-state index contributed by atoms with van der Waals surface area (Å²) in [6.07, 6.45) is -3.36. The fourth-order valence-electron chi connectivity index (χ4n) is 1.65. The van der Waals surface area contributed by atoms with Gasteiger partial charge in [-0.1, -0.05) is 27.7 Å². The second kappa shape index (κ2) is 16.0. The summed E-state index contributed by atoms with van der Waals surface area (Å²) in [6.45, 7) is 5.21. The maximum absolute atomic E-state index is 11.2. The summed E-state index contributed by atoms with van der Waals surface area (Å²) in [7, 11) is 0. The molecule has 2 unspecified atom stereocenters. The standard InChI is InChI=1S/2C9H17NO5.Cu/c2*1-9(2,5-11)7(14)8(15)10-4-3-6(12)13;/h2*7,11,14H,3-5H2,1-2H3,(H,10,15)(H,12,13);/q;;+2/p-2. The molecule has 12 nitrogen and oxygen atoms in total. The van der Waals surface area contributed by atoms with E-state index in [4.69, 9.17) is 10.2 Å². The molecule has 0 aromatic rings. The molecular formula is C18H32CuN2O10. The van der Waals surface area contributed by atoms with Crippen LogP contribution in [0.3, 0.4) is 0 Å². The first-order valence-electron chi connectivity index (χ1n) is 9.15. The number of aliphatic hydroxyl groups excluding tert-OH is 4. The number of hydrogen-bond donors (Lipinski definition) is 6. The minimum Gasteiger partial charge on any atom is -0.550 e. The van der Waals surface area contributed by atoms with Gasteiger partial charge in [0, 0.05) is 48.7 Å². The van der Waals surface area contributed by atoms with Crippen LogP contribution in [0.5, 0.6) is 0 Å². The van der Waals surface area contributed by atoms with Crippen LogP contribution in [-0.4, -0.2) is 82.7 Å². The predicted octanol–water partition coefficient (Wildman–Crippen LogP) is -4.76. The molecule has 0 spiro atoms. The van der Waals surface area contributed by atoms with Gasteiger partial charge in [-0.15, -0.1) is 0 Å². The van der Waals surface area contributed by atoms with E-state index < -0.39 is 46.8 Å². The summed E-state index contributed by atoms with van der Waals surface area (Å²) in [6, 6.07) is 0. The van der Waals surface area contributed by atoms with Crippen molar-refractivity contribution in [3.8, 4) is 0 Å². The SMILES string of the molecule is CC(C)(CO)C(O)C(=O)NCCC(=O)[O-].CC(C)(CO)C(O)C(=O)NCCC(=O)[O-].[Cu+2]. The molecule has 0 rings (SSSR count). The van der Waals surface area contributed by atoms with Crippen molar-refractivity contribution in [2.45, 2.75) is 52.7 Å². The van der Waals surface area contributed by atoms with Crippen LogP contribution in [-0.2, 0) is 36.2 Å². The zero-order chi connectivity index (χ0) is 24.1. The Labute approximate surface area is 191 Å². The minimum absolute atomic E-state index is 0. The van der Waals surface area contributed by atoms with Gasteiger partial charge in [-0.2, -0.15) is 0 Å². The van der Waals surface area contributed by atoms with Crippen LogP contribution in [0.1, 0.15) is 40.5 Å². The molecule has 0 heterocycles. The van der Waals surface area contributed by atoms with Crippen molar-refractivity contribution in [2.24, 2.45) is 10.8 Å². The van der Waals surface area contributed by atoms with Crippen LogP contribution in [0.4, 0.5) is 0 Å². The van der Waals surface area contributed by atoms with Gasteiger partial charge in [-0.3, -0.25) is 9.59 Å². The van der Waals surface area contributed by atoms with E-state index >= 15 is 0 Å². The van der Waals surface area contributed by atoms with Crippen LogP contribution in [0, 0.1) is 10.8 Å². The molecule has 0 bridgehead atoms. The van der Waals surface area contributed by atoms with E-state index in [0.717, 1.165) is 0 Å². The van der Waals surface area contributed by atoms with Crippen LogP contribution < -0.4 is 20.8 Å². The number of carbonyl (C=O) groups excluding carboxylic acids is 4. The Balaban J connectivity index is -0.000000490. The Morgan fingerprint density at radius 2 is 1.00 bits per heavy atom. The first-order valence-corrected chi connectivity index (χ1v) is 9.15. The van der Waals surface area contributed by atoms with Crippen molar-refractivity contribution in [1.29, 1.82) is 0 Å². The van der Waals surface area contributed by atoms with Gasteiger partial charge in [0.05, 0.1) is 13.2 Å². The molecule has 0 aromatic heterocycles. The van der Waals surface area contributed by atoms with Gasteiger partial charge in [0.25, 0.3) is 0 Å². The topological polar surface area (TPSA) is 219 Å². The second-order valence-corrected chi connectivity index (χ2v) is 7.92. The van der Waals surface area contributed by atoms with Crippen molar-refractivity contribution in [1.82, 2.24) is 10.6 Å². The number of aliphatic hydroxyl groups is 4. The van der Waals surface area contributed by atoms with Gasteiger partial charge in [0.15, 0.2) is 0 Å². The summed E-state index contributed by atoms with van der Waals surface area (Å²) in [4.78, 5) is 42.6. The molecule has 2 atom stereocenters. The van der Waals surface area contributed by atoms with Crippen molar-refractivity contribution >= 4 is 23.8 Å². The van der Waals surface area contributed by atoms with Gasteiger partial charge in [-0.25, -0.2) is 0 Å². The van der Waals surface area contributed by atoms with Crippen molar-refractivity contribution in [2.75, 3.05) is 26.3 Å². The number of rotatable bonds is 12. The first-order chi connectivity index (χ1) is 13.6. The molecule has 0 aliphatic heterocycles. The Kier molecular flexibility index (Phi) is 17.4. The third-order valence-corrected chi connectivity index (χ3v) is 4.05. The third-order valence-electron chi connectivity index (χ3n) is 4.05. The van der Waals surface area contributed by atoms with Crippen LogP contribution in [0.2, 0.25) is 0 Å². The van der Waals surface area contributed by atoms with Gasteiger partial charge in [0.1, 0.15) is 12.2 Å². The molecule has 13 heteroatoms. The Morgan fingerprint density at radius 3 is 1.19 bits per heavy atom. The van der Waals surface area contributed by atoms with Gasteiger partial charge in [-0.05, 0) is 0 Å². The molecule has 2 amide bonds. The Bertz CT molecular complexity index is 534.